The third kappa shape index (κ3) is 5.12. The molecule has 0 radical (unpaired) electrons. The van der Waals surface area contributed by atoms with Crippen molar-refractivity contribution in [3.63, 3.8) is 0 Å². The van der Waals surface area contributed by atoms with Crippen molar-refractivity contribution in [2.24, 2.45) is 0 Å². The monoisotopic (exact) mass is 364 g/mol. The van der Waals surface area contributed by atoms with Crippen molar-refractivity contribution in [2.45, 2.75) is 13.0 Å². The van der Waals surface area contributed by atoms with E-state index in [0.717, 1.165) is 5.56 Å². The van der Waals surface area contributed by atoms with Crippen LogP contribution in [0.25, 0.3) is 0 Å². The molecule has 7 heteroatoms. The molecule has 0 aliphatic rings. The van der Waals surface area contributed by atoms with E-state index in [-0.39, 0.29) is 12.1 Å². The third-order valence-electron chi connectivity index (χ3n) is 3.73. The highest BCUT2D eigenvalue weighted by Crippen LogP contribution is 2.21. The van der Waals surface area contributed by atoms with Gasteiger partial charge in [0, 0.05) is 24.0 Å². The second-order valence-corrected chi connectivity index (χ2v) is 5.65. The number of rotatable bonds is 7. The fourth-order valence-electron chi connectivity index (χ4n) is 2.41. The normalized spacial score (nSPS) is 10.2. The molecule has 0 fully saturated rings. The fourth-order valence-corrected chi connectivity index (χ4v) is 2.41. The van der Waals surface area contributed by atoms with Gasteiger partial charge in [-0.2, -0.15) is 0 Å². The summed E-state index contributed by atoms with van der Waals surface area (Å²) in [6, 6.07) is 16.4. The number of carbonyl (C=O) groups excluding carboxylic acids is 1. The van der Waals surface area contributed by atoms with Crippen LogP contribution in [-0.2, 0) is 17.8 Å². The maximum Gasteiger partial charge on any atom is 0.315 e. The lowest BCUT2D eigenvalue weighted by Crippen LogP contribution is -2.12. The summed E-state index contributed by atoms with van der Waals surface area (Å²) in [5.41, 5.74) is 1.20. The Morgan fingerprint density at radius 2 is 1.63 bits per heavy atom. The second kappa shape index (κ2) is 8.57. The first kappa shape index (κ1) is 18.1. The quantitative estimate of drug-likeness (QED) is 0.275. The summed E-state index contributed by atoms with van der Waals surface area (Å²) in [7, 11) is 0. The van der Waals surface area contributed by atoms with Gasteiger partial charge in [-0.25, -0.2) is 0 Å². The number of hydrogen-bond donors (Lipinski definition) is 0. The molecule has 0 spiro atoms. The van der Waals surface area contributed by atoms with E-state index in [1.54, 1.807) is 48.8 Å². The van der Waals surface area contributed by atoms with Gasteiger partial charge in [-0.3, -0.25) is 19.9 Å². The first-order valence-corrected chi connectivity index (χ1v) is 8.16. The SMILES string of the molecule is O=C(Cc1ccccc1[N+](=O)[O-])Oc1ccc(OCc2ccncc2)cc1. The van der Waals surface area contributed by atoms with Crippen LogP contribution in [0.15, 0.2) is 73.1 Å². The summed E-state index contributed by atoms with van der Waals surface area (Å²) in [5.74, 6) is 0.398. The highest BCUT2D eigenvalue weighted by molar-refractivity contribution is 5.76. The van der Waals surface area contributed by atoms with Crippen molar-refractivity contribution in [1.29, 1.82) is 0 Å². The Morgan fingerprint density at radius 3 is 2.33 bits per heavy atom. The number of aromatic nitrogens is 1. The van der Waals surface area contributed by atoms with Crippen LogP contribution < -0.4 is 9.47 Å². The van der Waals surface area contributed by atoms with Gasteiger partial charge < -0.3 is 9.47 Å². The van der Waals surface area contributed by atoms with E-state index in [9.17, 15) is 14.9 Å². The molecule has 0 saturated heterocycles. The molecular formula is C20H16N2O5. The van der Waals surface area contributed by atoms with E-state index in [4.69, 9.17) is 9.47 Å². The molecule has 2 aromatic carbocycles. The van der Waals surface area contributed by atoms with Gasteiger partial charge in [-0.05, 0) is 42.0 Å². The first-order valence-electron chi connectivity index (χ1n) is 8.16. The summed E-state index contributed by atoms with van der Waals surface area (Å²) in [6.45, 7) is 0.402. The molecule has 0 atom stereocenters. The lowest BCUT2D eigenvalue weighted by Gasteiger charge is -2.08. The van der Waals surface area contributed by atoms with Crippen LogP contribution in [-0.4, -0.2) is 15.9 Å². The van der Waals surface area contributed by atoms with Crippen LogP contribution in [0.4, 0.5) is 5.69 Å². The van der Waals surface area contributed by atoms with Gasteiger partial charge in [-0.1, -0.05) is 18.2 Å². The predicted molar refractivity (Wildman–Crippen MR) is 97.4 cm³/mol. The lowest BCUT2D eigenvalue weighted by atomic mass is 10.1. The van der Waals surface area contributed by atoms with Crippen LogP contribution in [0.5, 0.6) is 11.5 Å². The van der Waals surface area contributed by atoms with Gasteiger partial charge in [0.1, 0.15) is 18.1 Å². The van der Waals surface area contributed by atoms with Gasteiger partial charge in [0.05, 0.1) is 11.3 Å². The minimum Gasteiger partial charge on any atom is -0.489 e. The molecule has 1 heterocycles. The highest BCUT2D eigenvalue weighted by Gasteiger charge is 2.16. The van der Waals surface area contributed by atoms with Crippen molar-refractivity contribution in [2.75, 3.05) is 0 Å². The maximum absolute atomic E-state index is 12.1. The fraction of sp³-hybridized carbons (Fsp3) is 0.100. The maximum atomic E-state index is 12.1. The van der Waals surface area contributed by atoms with E-state index in [1.165, 1.54) is 12.1 Å². The number of nitro benzene ring substituents is 1. The number of nitrogens with zero attached hydrogens (tertiary/aromatic N) is 2. The van der Waals surface area contributed by atoms with Crippen LogP contribution in [0, 0.1) is 10.1 Å². The molecule has 136 valence electrons. The van der Waals surface area contributed by atoms with Gasteiger partial charge in [-0.15, -0.1) is 0 Å². The minimum atomic E-state index is -0.574. The van der Waals surface area contributed by atoms with Crippen molar-refractivity contribution < 1.29 is 19.2 Å². The van der Waals surface area contributed by atoms with Crippen molar-refractivity contribution in [3.05, 3.63) is 94.3 Å². The number of pyridine rings is 1. The molecule has 0 unspecified atom stereocenters. The van der Waals surface area contributed by atoms with Crippen molar-refractivity contribution in [1.82, 2.24) is 4.98 Å². The summed E-state index contributed by atoms with van der Waals surface area (Å²) < 4.78 is 10.9. The zero-order valence-corrected chi connectivity index (χ0v) is 14.3. The third-order valence-corrected chi connectivity index (χ3v) is 3.73. The smallest absolute Gasteiger partial charge is 0.315 e. The largest absolute Gasteiger partial charge is 0.489 e. The number of nitro groups is 1. The van der Waals surface area contributed by atoms with Crippen molar-refractivity contribution >= 4 is 11.7 Å². The molecule has 27 heavy (non-hydrogen) atoms. The Labute approximate surface area is 155 Å². The number of esters is 1. The van der Waals surface area contributed by atoms with E-state index in [1.807, 2.05) is 12.1 Å². The Hall–Kier alpha value is -3.74. The Kier molecular flexibility index (Phi) is 5.73. The van der Waals surface area contributed by atoms with E-state index in [0.29, 0.717) is 23.7 Å². The average molecular weight is 364 g/mol. The summed E-state index contributed by atoms with van der Waals surface area (Å²) >= 11 is 0. The molecule has 0 N–H and O–H groups in total. The molecule has 3 aromatic rings. The van der Waals surface area contributed by atoms with Crippen LogP contribution in [0.3, 0.4) is 0 Å². The number of hydrogen-bond acceptors (Lipinski definition) is 6. The number of ether oxygens (including phenoxy) is 2. The van der Waals surface area contributed by atoms with Crippen LogP contribution in [0.2, 0.25) is 0 Å². The highest BCUT2D eigenvalue weighted by atomic mass is 16.6. The van der Waals surface area contributed by atoms with E-state index < -0.39 is 10.9 Å². The van der Waals surface area contributed by atoms with Gasteiger partial charge in [0.25, 0.3) is 5.69 Å². The molecule has 0 bridgehead atoms. The summed E-state index contributed by atoms with van der Waals surface area (Å²) in [5, 5.41) is 11.0. The van der Waals surface area contributed by atoms with Crippen LogP contribution in [0.1, 0.15) is 11.1 Å². The van der Waals surface area contributed by atoms with Gasteiger partial charge in [0.2, 0.25) is 0 Å². The second-order valence-electron chi connectivity index (χ2n) is 5.65. The van der Waals surface area contributed by atoms with Crippen LogP contribution >= 0.6 is 0 Å². The molecule has 3 rings (SSSR count). The Bertz CT molecular complexity index is 927. The molecular weight excluding hydrogens is 348 g/mol. The minimum absolute atomic E-state index is 0.102. The number of para-hydroxylation sites is 1. The topological polar surface area (TPSA) is 91.6 Å². The predicted octanol–water partition coefficient (Wildman–Crippen LogP) is 3.72. The number of carbonyl (C=O) groups is 1. The molecule has 7 nitrogen and oxygen atoms in total. The average Bonchev–Trinajstić information content (AvgIpc) is 2.68. The zero-order chi connectivity index (χ0) is 19.1. The molecule has 0 amide bonds. The van der Waals surface area contributed by atoms with E-state index >= 15 is 0 Å². The van der Waals surface area contributed by atoms with E-state index in [2.05, 4.69) is 4.98 Å². The molecule has 1 aromatic heterocycles. The standard InChI is InChI=1S/C20H16N2O5/c23-20(13-16-3-1-2-4-19(16)22(24)25)27-18-7-5-17(6-8-18)26-14-15-9-11-21-12-10-15/h1-12H,13-14H2. The number of benzene rings is 2. The Balaban J connectivity index is 1.56. The first-order chi connectivity index (χ1) is 13.1. The van der Waals surface area contributed by atoms with Crippen molar-refractivity contribution in [3.8, 4) is 11.5 Å². The molecule has 0 aliphatic carbocycles. The summed E-state index contributed by atoms with van der Waals surface area (Å²) in [6.07, 6.45) is 3.20. The molecule has 0 saturated carbocycles. The van der Waals surface area contributed by atoms with Gasteiger partial charge >= 0.3 is 5.97 Å². The zero-order valence-electron chi connectivity index (χ0n) is 14.3. The Morgan fingerprint density at radius 1 is 0.963 bits per heavy atom. The summed E-state index contributed by atoms with van der Waals surface area (Å²) in [4.78, 5) is 26.5. The lowest BCUT2D eigenvalue weighted by molar-refractivity contribution is -0.385. The molecule has 0 aliphatic heterocycles. The van der Waals surface area contributed by atoms with Gasteiger partial charge in [0.15, 0.2) is 0 Å².